The van der Waals surface area contributed by atoms with Gasteiger partial charge in [-0.2, -0.15) is 0 Å². The molecule has 0 bridgehead atoms. The molecule has 0 saturated heterocycles. The second-order valence-electron chi connectivity index (χ2n) is 4.02. The summed E-state index contributed by atoms with van der Waals surface area (Å²) in [7, 11) is 0. The zero-order valence-corrected chi connectivity index (χ0v) is 10.2. The summed E-state index contributed by atoms with van der Waals surface area (Å²) in [6, 6.07) is 9.61. The Hall–Kier alpha value is -2.69. The summed E-state index contributed by atoms with van der Waals surface area (Å²) in [5.41, 5.74) is 1.17. The van der Waals surface area contributed by atoms with Gasteiger partial charge in [0.15, 0.2) is 0 Å². The highest BCUT2D eigenvalue weighted by molar-refractivity contribution is 5.80. The monoisotopic (exact) mass is 257 g/mol. The van der Waals surface area contributed by atoms with E-state index in [0.717, 1.165) is 6.29 Å². The van der Waals surface area contributed by atoms with Crippen molar-refractivity contribution in [3.63, 3.8) is 0 Å². The van der Waals surface area contributed by atoms with Gasteiger partial charge in [-0.25, -0.2) is 0 Å². The van der Waals surface area contributed by atoms with Gasteiger partial charge in [-0.15, -0.1) is 0 Å². The van der Waals surface area contributed by atoms with Gasteiger partial charge >= 0.3 is 0 Å². The summed E-state index contributed by atoms with van der Waals surface area (Å²) in [6.07, 6.45) is 2.34. The quantitative estimate of drug-likeness (QED) is 0.364. The lowest BCUT2D eigenvalue weighted by atomic mass is 10.1. The maximum Gasteiger partial charge on any atom is 0.270 e. The van der Waals surface area contributed by atoms with Gasteiger partial charge in [0.25, 0.3) is 5.69 Å². The van der Waals surface area contributed by atoms with Crippen LogP contribution >= 0.6 is 0 Å². The largest absolute Gasteiger partial charge is 0.457 e. The van der Waals surface area contributed by atoms with Crippen LogP contribution in [0.1, 0.15) is 12.7 Å². The van der Waals surface area contributed by atoms with E-state index >= 15 is 0 Å². The molecule has 0 aliphatic carbocycles. The number of nitro groups is 1. The molecule has 19 heavy (non-hydrogen) atoms. The van der Waals surface area contributed by atoms with Crippen LogP contribution in [-0.4, -0.2) is 11.2 Å². The first kappa shape index (κ1) is 12.8. The van der Waals surface area contributed by atoms with Crippen molar-refractivity contribution in [1.29, 1.82) is 0 Å². The fraction of sp³-hybridized carbons (Fsp3) is 0.0714. The standard InChI is InChI=1S/C14H11NO4/c1-10(9-16)7-13-5-6-14(19-13)11-3-2-4-12(8-11)15(17)18/h2-9H,1H3. The summed E-state index contributed by atoms with van der Waals surface area (Å²) >= 11 is 0. The molecule has 0 atom stereocenters. The maximum atomic E-state index is 10.7. The van der Waals surface area contributed by atoms with Crippen molar-refractivity contribution in [3.8, 4) is 11.3 Å². The molecule has 0 radical (unpaired) electrons. The SMILES string of the molecule is CC(C=O)=Cc1ccc(-c2cccc([N+](=O)[O-])c2)o1. The Morgan fingerprint density at radius 1 is 1.32 bits per heavy atom. The summed E-state index contributed by atoms with van der Waals surface area (Å²) in [4.78, 5) is 20.8. The molecule has 2 rings (SSSR count). The molecule has 2 aromatic rings. The summed E-state index contributed by atoms with van der Waals surface area (Å²) in [5.74, 6) is 1.06. The summed E-state index contributed by atoms with van der Waals surface area (Å²) < 4.78 is 5.52. The van der Waals surface area contributed by atoms with Crippen molar-refractivity contribution < 1.29 is 14.1 Å². The fourth-order valence-electron chi connectivity index (χ4n) is 1.62. The number of aldehydes is 1. The number of carbonyl (C=O) groups excluding carboxylic acids is 1. The number of benzene rings is 1. The zero-order chi connectivity index (χ0) is 13.8. The van der Waals surface area contributed by atoms with Crippen LogP contribution in [-0.2, 0) is 4.79 Å². The Morgan fingerprint density at radius 3 is 2.79 bits per heavy atom. The van der Waals surface area contributed by atoms with Crippen molar-refractivity contribution in [2.75, 3.05) is 0 Å². The average molecular weight is 257 g/mol. The minimum absolute atomic E-state index is 0.00932. The van der Waals surface area contributed by atoms with Crippen LogP contribution in [0.4, 0.5) is 5.69 Å². The molecule has 0 aliphatic heterocycles. The Labute approximate surface area is 109 Å². The van der Waals surface area contributed by atoms with E-state index in [1.165, 1.54) is 12.1 Å². The minimum Gasteiger partial charge on any atom is -0.457 e. The molecule has 0 unspecified atom stereocenters. The first-order valence-corrected chi connectivity index (χ1v) is 5.58. The highest BCUT2D eigenvalue weighted by atomic mass is 16.6. The third-order valence-electron chi connectivity index (χ3n) is 2.52. The van der Waals surface area contributed by atoms with Gasteiger partial charge in [0, 0.05) is 17.7 Å². The first-order valence-electron chi connectivity index (χ1n) is 5.58. The van der Waals surface area contributed by atoms with Crippen LogP contribution < -0.4 is 0 Å². The molecular weight excluding hydrogens is 246 g/mol. The van der Waals surface area contributed by atoms with E-state index in [-0.39, 0.29) is 5.69 Å². The minimum atomic E-state index is -0.455. The van der Waals surface area contributed by atoms with Gasteiger partial charge < -0.3 is 4.42 Å². The van der Waals surface area contributed by atoms with E-state index in [1.807, 2.05) is 0 Å². The molecule has 0 N–H and O–H groups in total. The van der Waals surface area contributed by atoms with Gasteiger partial charge in [0.2, 0.25) is 0 Å². The van der Waals surface area contributed by atoms with Gasteiger partial charge in [-0.05, 0) is 30.7 Å². The van der Waals surface area contributed by atoms with E-state index in [9.17, 15) is 14.9 Å². The van der Waals surface area contributed by atoms with Crippen LogP contribution in [0.2, 0.25) is 0 Å². The number of non-ortho nitro benzene ring substituents is 1. The van der Waals surface area contributed by atoms with E-state index in [0.29, 0.717) is 22.7 Å². The van der Waals surface area contributed by atoms with Gasteiger partial charge in [-0.1, -0.05) is 12.1 Å². The molecule has 0 aliphatic rings. The van der Waals surface area contributed by atoms with Crippen molar-refractivity contribution in [1.82, 2.24) is 0 Å². The van der Waals surface area contributed by atoms with Gasteiger partial charge in [-0.3, -0.25) is 14.9 Å². The highest BCUT2D eigenvalue weighted by Gasteiger charge is 2.09. The fourth-order valence-corrected chi connectivity index (χ4v) is 1.62. The lowest BCUT2D eigenvalue weighted by Crippen LogP contribution is -1.87. The Bertz CT molecular complexity index is 655. The average Bonchev–Trinajstić information content (AvgIpc) is 2.87. The number of furan rings is 1. The van der Waals surface area contributed by atoms with Crippen LogP contribution in [0.5, 0.6) is 0 Å². The third-order valence-corrected chi connectivity index (χ3v) is 2.52. The number of rotatable bonds is 4. The number of allylic oxidation sites excluding steroid dienone is 1. The van der Waals surface area contributed by atoms with E-state index in [4.69, 9.17) is 4.42 Å². The van der Waals surface area contributed by atoms with Crippen molar-refractivity contribution in [2.45, 2.75) is 6.92 Å². The lowest BCUT2D eigenvalue weighted by Gasteiger charge is -1.97. The molecule has 1 heterocycles. The second kappa shape index (κ2) is 5.30. The molecule has 5 nitrogen and oxygen atoms in total. The number of hydrogen-bond acceptors (Lipinski definition) is 4. The molecule has 1 aromatic heterocycles. The van der Waals surface area contributed by atoms with Crippen molar-refractivity contribution in [3.05, 3.63) is 57.8 Å². The number of hydrogen-bond donors (Lipinski definition) is 0. The zero-order valence-electron chi connectivity index (χ0n) is 10.2. The molecule has 0 saturated carbocycles. The van der Waals surface area contributed by atoms with Gasteiger partial charge in [0.05, 0.1) is 4.92 Å². The molecule has 0 spiro atoms. The highest BCUT2D eigenvalue weighted by Crippen LogP contribution is 2.26. The number of nitro benzene ring substituents is 1. The maximum absolute atomic E-state index is 10.7. The van der Waals surface area contributed by atoms with E-state index < -0.39 is 4.92 Å². The van der Waals surface area contributed by atoms with E-state index in [1.54, 1.807) is 37.3 Å². The summed E-state index contributed by atoms with van der Waals surface area (Å²) in [5, 5.41) is 10.7. The Balaban J connectivity index is 2.35. The van der Waals surface area contributed by atoms with E-state index in [2.05, 4.69) is 0 Å². The topological polar surface area (TPSA) is 73.3 Å². The smallest absolute Gasteiger partial charge is 0.270 e. The molecule has 0 fully saturated rings. The molecular formula is C14H11NO4. The van der Waals surface area contributed by atoms with Gasteiger partial charge in [0.1, 0.15) is 17.8 Å². The third kappa shape index (κ3) is 2.95. The lowest BCUT2D eigenvalue weighted by molar-refractivity contribution is -0.384. The van der Waals surface area contributed by atoms with Crippen LogP contribution in [0, 0.1) is 10.1 Å². The number of nitrogens with zero attached hydrogens (tertiary/aromatic N) is 1. The van der Waals surface area contributed by atoms with Crippen LogP contribution in [0.3, 0.4) is 0 Å². The van der Waals surface area contributed by atoms with Crippen molar-refractivity contribution in [2.24, 2.45) is 0 Å². The Morgan fingerprint density at radius 2 is 2.11 bits per heavy atom. The Kier molecular flexibility index (Phi) is 3.56. The van der Waals surface area contributed by atoms with Crippen molar-refractivity contribution >= 4 is 18.0 Å². The molecule has 96 valence electrons. The van der Waals surface area contributed by atoms with Crippen LogP contribution in [0.15, 0.2) is 46.4 Å². The first-order chi connectivity index (χ1) is 9.10. The molecule has 1 aromatic carbocycles. The number of carbonyl (C=O) groups is 1. The predicted octanol–water partition coefficient (Wildman–Crippen LogP) is 3.46. The summed E-state index contributed by atoms with van der Waals surface area (Å²) in [6.45, 7) is 1.67. The molecule has 5 heteroatoms. The normalized spacial score (nSPS) is 11.3. The second-order valence-corrected chi connectivity index (χ2v) is 4.02. The van der Waals surface area contributed by atoms with Crippen LogP contribution in [0.25, 0.3) is 17.4 Å². The predicted molar refractivity (Wildman–Crippen MR) is 70.5 cm³/mol. The molecule has 0 amide bonds.